The number of anilines is 2. The summed E-state index contributed by atoms with van der Waals surface area (Å²) in [6, 6.07) is 0. The van der Waals surface area contributed by atoms with Crippen LogP contribution in [0.2, 0.25) is 0 Å². The van der Waals surface area contributed by atoms with Crippen molar-refractivity contribution in [3.63, 3.8) is 0 Å². The van der Waals surface area contributed by atoms with E-state index >= 15 is 0 Å². The van der Waals surface area contributed by atoms with Gasteiger partial charge in [-0.05, 0) is 0 Å². The monoisotopic (exact) mass is 286 g/mol. The molecule has 3 aromatic heterocycles. The Morgan fingerprint density at radius 1 is 1.10 bits per heavy atom. The van der Waals surface area contributed by atoms with Gasteiger partial charge in [-0.3, -0.25) is 9.25 Å². The molecule has 0 aliphatic rings. The maximum atomic E-state index is 4.35. The zero-order valence-electron chi connectivity index (χ0n) is 11.4. The van der Waals surface area contributed by atoms with E-state index in [0.29, 0.717) is 30.9 Å². The zero-order chi connectivity index (χ0) is 14.5. The molecular weight excluding hydrogens is 272 g/mol. The standard InChI is InChI=1S/C11H14N10/c1-12-9-16-10(14-3-6-21-7-4-15-19-21)18-11(17-9)20-5-2-13-8-20/h2,4-5,7-8H,3,6H2,1H3,(H2,12,14,16,17,18). The quantitative estimate of drug-likeness (QED) is 0.641. The maximum absolute atomic E-state index is 4.35. The second kappa shape index (κ2) is 5.94. The molecule has 0 bridgehead atoms. The molecule has 3 aromatic rings. The van der Waals surface area contributed by atoms with Gasteiger partial charge in [0, 0.05) is 32.2 Å². The lowest BCUT2D eigenvalue weighted by Crippen LogP contribution is -2.15. The molecule has 10 heteroatoms. The van der Waals surface area contributed by atoms with E-state index in [1.54, 1.807) is 47.4 Å². The van der Waals surface area contributed by atoms with Gasteiger partial charge in [0.1, 0.15) is 6.33 Å². The molecule has 0 aliphatic heterocycles. The Balaban J connectivity index is 1.73. The van der Waals surface area contributed by atoms with Crippen molar-refractivity contribution in [1.29, 1.82) is 0 Å². The van der Waals surface area contributed by atoms with Gasteiger partial charge >= 0.3 is 0 Å². The summed E-state index contributed by atoms with van der Waals surface area (Å²) in [5.41, 5.74) is 0. The van der Waals surface area contributed by atoms with E-state index in [1.165, 1.54) is 0 Å². The third-order valence-electron chi connectivity index (χ3n) is 2.68. The van der Waals surface area contributed by atoms with Gasteiger partial charge in [-0.15, -0.1) is 5.10 Å². The Labute approximate surface area is 120 Å². The highest BCUT2D eigenvalue weighted by Gasteiger charge is 2.06. The highest BCUT2D eigenvalue weighted by molar-refractivity contribution is 5.37. The fourth-order valence-electron chi connectivity index (χ4n) is 1.68. The minimum atomic E-state index is 0.483. The van der Waals surface area contributed by atoms with E-state index in [9.17, 15) is 0 Å². The van der Waals surface area contributed by atoms with Crippen LogP contribution >= 0.6 is 0 Å². The first-order chi connectivity index (χ1) is 10.3. The van der Waals surface area contributed by atoms with E-state index in [0.717, 1.165) is 0 Å². The number of nitrogens with zero attached hydrogens (tertiary/aromatic N) is 8. The van der Waals surface area contributed by atoms with Crippen molar-refractivity contribution >= 4 is 11.9 Å². The molecule has 0 unspecified atom stereocenters. The van der Waals surface area contributed by atoms with Crippen molar-refractivity contribution in [2.75, 3.05) is 24.2 Å². The average molecular weight is 286 g/mol. The third-order valence-corrected chi connectivity index (χ3v) is 2.68. The number of aromatic nitrogens is 8. The van der Waals surface area contributed by atoms with Gasteiger partial charge in [-0.25, -0.2) is 4.98 Å². The molecule has 0 saturated carbocycles. The Kier molecular flexibility index (Phi) is 3.67. The van der Waals surface area contributed by atoms with Crippen LogP contribution in [0.5, 0.6) is 0 Å². The van der Waals surface area contributed by atoms with Gasteiger partial charge in [0.05, 0.1) is 12.7 Å². The summed E-state index contributed by atoms with van der Waals surface area (Å²) in [4.78, 5) is 16.9. The van der Waals surface area contributed by atoms with Crippen LogP contribution in [0, 0.1) is 0 Å². The van der Waals surface area contributed by atoms with E-state index in [4.69, 9.17) is 0 Å². The first-order valence-corrected chi connectivity index (χ1v) is 6.35. The number of imidazole rings is 1. The summed E-state index contributed by atoms with van der Waals surface area (Å²) >= 11 is 0. The first-order valence-electron chi connectivity index (χ1n) is 6.35. The molecule has 0 saturated heterocycles. The second-order valence-electron chi connectivity index (χ2n) is 4.10. The van der Waals surface area contributed by atoms with Gasteiger partial charge in [-0.1, -0.05) is 5.21 Å². The van der Waals surface area contributed by atoms with Gasteiger partial charge in [-0.2, -0.15) is 15.0 Å². The third kappa shape index (κ3) is 3.11. The number of hydrogen-bond acceptors (Lipinski definition) is 8. The van der Waals surface area contributed by atoms with Crippen molar-refractivity contribution in [1.82, 2.24) is 39.5 Å². The predicted molar refractivity (Wildman–Crippen MR) is 75.0 cm³/mol. The normalized spacial score (nSPS) is 10.5. The van der Waals surface area contributed by atoms with Gasteiger partial charge in [0.25, 0.3) is 0 Å². The highest BCUT2D eigenvalue weighted by atomic mass is 15.4. The Hall–Kier alpha value is -3.04. The van der Waals surface area contributed by atoms with Gasteiger partial charge in [0.2, 0.25) is 17.8 Å². The molecule has 0 amide bonds. The number of nitrogens with one attached hydrogen (secondary N) is 2. The van der Waals surface area contributed by atoms with Crippen LogP contribution in [-0.2, 0) is 6.54 Å². The lowest BCUT2D eigenvalue weighted by atomic mass is 10.6. The molecule has 0 spiro atoms. The van der Waals surface area contributed by atoms with Crippen molar-refractivity contribution in [2.45, 2.75) is 6.54 Å². The summed E-state index contributed by atoms with van der Waals surface area (Å²) < 4.78 is 3.44. The van der Waals surface area contributed by atoms with Gasteiger partial charge in [0.15, 0.2) is 0 Å². The molecule has 3 heterocycles. The molecule has 10 nitrogen and oxygen atoms in total. The van der Waals surface area contributed by atoms with E-state index < -0.39 is 0 Å². The molecule has 0 aliphatic carbocycles. The summed E-state index contributed by atoms with van der Waals surface area (Å²) in [5, 5.41) is 13.7. The molecular formula is C11H14N10. The van der Waals surface area contributed by atoms with Crippen molar-refractivity contribution < 1.29 is 0 Å². The number of hydrogen-bond donors (Lipinski definition) is 2. The minimum Gasteiger partial charge on any atom is -0.357 e. The van der Waals surface area contributed by atoms with Crippen LogP contribution in [0.3, 0.4) is 0 Å². The summed E-state index contributed by atoms with van der Waals surface area (Å²) in [7, 11) is 1.76. The van der Waals surface area contributed by atoms with E-state index in [1.807, 2.05) is 0 Å². The predicted octanol–water partition coefficient (Wildman–Crippen LogP) is -0.197. The Morgan fingerprint density at radius 3 is 2.71 bits per heavy atom. The van der Waals surface area contributed by atoms with Crippen LogP contribution in [0.15, 0.2) is 31.1 Å². The van der Waals surface area contributed by atoms with Crippen molar-refractivity contribution in [3.8, 4) is 5.95 Å². The van der Waals surface area contributed by atoms with Crippen LogP contribution in [-0.4, -0.2) is 53.1 Å². The second-order valence-corrected chi connectivity index (χ2v) is 4.10. The largest absolute Gasteiger partial charge is 0.357 e. The van der Waals surface area contributed by atoms with Gasteiger partial charge < -0.3 is 10.6 Å². The molecule has 3 rings (SSSR count). The molecule has 2 N–H and O–H groups in total. The molecule has 0 atom stereocenters. The highest BCUT2D eigenvalue weighted by Crippen LogP contribution is 2.08. The van der Waals surface area contributed by atoms with E-state index in [2.05, 4.69) is 40.9 Å². The molecule has 0 fully saturated rings. The molecule has 108 valence electrons. The SMILES string of the molecule is CNc1nc(NCCn2ccnn2)nc(-n2ccnc2)n1. The van der Waals surface area contributed by atoms with Crippen molar-refractivity contribution in [2.24, 2.45) is 0 Å². The summed E-state index contributed by atoms with van der Waals surface area (Å²) in [6.07, 6.45) is 8.51. The Bertz CT molecular complexity index is 675. The lowest BCUT2D eigenvalue weighted by molar-refractivity contribution is 0.607. The summed E-state index contributed by atoms with van der Waals surface area (Å²) in [5.74, 6) is 1.46. The summed E-state index contributed by atoms with van der Waals surface area (Å²) in [6.45, 7) is 1.29. The maximum Gasteiger partial charge on any atom is 0.241 e. The van der Waals surface area contributed by atoms with Crippen LogP contribution in [0.4, 0.5) is 11.9 Å². The fourth-order valence-corrected chi connectivity index (χ4v) is 1.68. The van der Waals surface area contributed by atoms with E-state index in [-0.39, 0.29) is 0 Å². The topological polar surface area (TPSA) is 111 Å². The lowest BCUT2D eigenvalue weighted by Gasteiger charge is -2.08. The average Bonchev–Trinajstić information content (AvgIpc) is 3.20. The first kappa shape index (κ1) is 13.0. The Morgan fingerprint density at radius 2 is 2.00 bits per heavy atom. The molecule has 0 radical (unpaired) electrons. The molecule has 21 heavy (non-hydrogen) atoms. The number of rotatable bonds is 6. The molecule has 0 aromatic carbocycles. The van der Waals surface area contributed by atoms with Crippen LogP contribution < -0.4 is 10.6 Å². The zero-order valence-corrected chi connectivity index (χ0v) is 11.4. The minimum absolute atomic E-state index is 0.483. The van der Waals surface area contributed by atoms with Crippen LogP contribution in [0.25, 0.3) is 5.95 Å². The van der Waals surface area contributed by atoms with Crippen molar-refractivity contribution in [3.05, 3.63) is 31.1 Å². The fraction of sp³-hybridized carbons (Fsp3) is 0.273. The van der Waals surface area contributed by atoms with Crippen LogP contribution in [0.1, 0.15) is 0 Å². The smallest absolute Gasteiger partial charge is 0.241 e.